The highest BCUT2D eigenvalue weighted by molar-refractivity contribution is 6.39. The summed E-state index contributed by atoms with van der Waals surface area (Å²) in [4.78, 5) is 11.9. The number of anilines is 2. The van der Waals surface area contributed by atoms with Gasteiger partial charge in [0.2, 0.25) is 5.91 Å². The molecule has 23 heavy (non-hydrogen) atoms. The molecule has 3 N–H and O–H groups in total. The largest absolute Gasteiger partial charge is 0.493 e. The molecule has 0 heterocycles. The average Bonchev–Trinajstić information content (AvgIpc) is 2.47. The number of amides is 1. The van der Waals surface area contributed by atoms with Crippen LogP contribution < -0.4 is 15.8 Å². The zero-order valence-corrected chi connectivity index (χ0v) is 14.5. The van der Waals surface area contributed by atoms with E-state index in [0.29, 0.717) is 21.4 Å². The lowest BCUT2D eigenvalue weighted by Gasteiger charge is -2.11. The van der Waals surface area contributed by atoms with Crippen LogP contribution in [0, 0.1) is 13.8 Å². The topological polar surface area (TPSA) is 64.3 Å². The first-order valence-electron chi connectivity index (χ1n) is 7.11. The van der Waals surface area contributed by atoms with Crippen LogP contribution in [0.1, 0.15) is 17.5 Å². The van der Waals surface area contributed by atoms with Crippen LogP contribution in [0.3, 0.4) is 0 Å². The van der Waals surface area contributed by atoms with Crippen molar-refractivity contribution >= 4 is 40.5 Å². The Hall–Kier alpha value is -1.91. The Morgan fingerprint density at radius 1 is 1.17 bits per heavy atom. The van der Waals surface area contributed by atoms with Crippen LogP contribution >= 0.6 is 23.2 Å². The van der Waals surface area contributed by atoms with Gasteiger partial charge in [0.05, 0.1) is 28.8 Å². The number of aryl methyl sites for hydroxylation is 2. The van der Waals surface area contributed by atoms with E-state index in [1.54, 1.807) is 12.1 Å². The van der Waals surface area contributed by atoms with Gasteiger partial charge in [-0.25, -0.2) is 0 Å². The molecule has 0 aliphatic heterocycles. The standard InChI is InChI=1S/C17H18Cl2N2O2/c1-10-3-4-15(11(2)7-10)23-6-5-16(22)21-12-8-13(18)17(20)14(19)9-12/h3-4,7-9H,5-6,20H2,1-2H3,(H,21,22). The summed E-state index contributed by atoms with van der Waals surface area (Å²) in [6.07, 6.45) is 0.215. The lowest BCUT2D eigenvalue weighted by Crippen LogP contribution is -2.15. The highest BCUT2D eigenvalue weighted by Crippen LogP contribution is 2.31. The van der Waals surface area contributed by atoms with Gasteiger partial charge in [0.15, 0.2) is 0 Å². The van der Waals surface area contributed by atoms with Gasteiger partial charge < -0.3 is 15.8 Å². The van der Waals surface area contributed by atoms with Gasteiger partial charge >= 0.3 is 0 Å². The second kappa shape index (κ2) is 7.57. The van der Waals surface area contributed by atoms with Gasteiger partial charge in [0, 0.05) is 5.69 Å². The third-order valence-electron chi connectivity index (χ3n) is 3.28. The van der Waals surface area contributed by atoms with Crippen molar-refractivity contribution < 1.29 is 9.53 Å². The molecular weight excluding hydrogens is 335 g/mol. The summed E-state index contributed by atoms with van der Waals surface area (Å²) >= 11 is 11.9. The normalized spacial score (nSPS) is 10.4. The molecule has 0 saturated carbocycles. The summed E-state index contributed by atoms with van der Waals surface area (Å²) in [6.45, 7) is 4.28. The number of benzene rings is 2. The highest BCUT2D eigenvalue weighted by atomic mass is 35.5. The molecule has 0 unspecified atom stereocenters. The fourth-order valence-electron chi connectivity index (χ4n) is 2.09. The van der Waals surface area contributed by atoms with Gasteiger partial charge in [-0.1, -0.05) is 40.9 Å². The molecule has 6 heteroatoms. The summed E-state index contributed by atoms with van der Waals surface area (Å²) in [5.41, 5.74) is 8.67. The van der Waals surface area contributed by atoms with Crippen molar-refractivity contribution in [3.05, 3.63) is 51.5 Å². The molecule has 2 aromatic carbocycles. The van der Waals surface area contributed by atoms with Gasteiger partial charge in [-0.2, -0.15) is 0 Å². The molecule has 1 amide bonds. The number of nitrogens with two attached hydrogens (primary N) is 1. The predicted octanol–water partition coefficient (Wildman–Crippen LogP) is 4.60. The van der Waals surface area contributed by atoms with E-state index in [1.165, 1.54) is 5.56 Å². The van der Waals surface area contributed by atoms with E-state index in [2.05, 4.69) is 5.32 Å². The number of hydrogen-bond acceptors (Lipinski definition) is 3. The monoisotopic (exact) mass is 352 g/mol. The van der Waals surface area contributed by atoms with Crippen molar-refractivity contribution in [3.63, 3.8) is 0 Å². The van der Waals surface area contributed by atoms with Crippen molar-refractivity contribution in [3.8, 4) is 5.75 Å². The number of ether oxygens (including phenoxy) is 1. The first-order chi connectivity index (χ1) is 10.9. The second-order valence-electron chi connectivity index (χ2n) is 5.27. The molecule has 0 aliphatic rings. The minimum Gasteiger partial charge on any atom is -0.493 e. The fraction of sp³-hybridized carbons (Fsp3) is 0.235. The summed E-state index contributed by atoms with van der Waals surface area (Å²) in [5.74, 6) is 0.591. The van der Waals surface area contributed by atoms with E-state index in [0.717, 1.165) is 11.3 Å². The third kappa shape index (κ3) is 4.78. The Balaban J connectivity index is 1.88. The van der Waals surface area contributed by atoms with Crippen molar-refractivity contribution in [1.82, 2.24) is 0 Å². The summed E-state index contributed by atoms with van der Waals surface area (Å²) in [6, 6.07) is 9.04. The number of hydrogen-bond donors (Lipinski definition) is 2. The quantitative estimate of drug-likeness (QED) is 0.772. The number of nitrogens with one attached hydrogen (secondary N) is 1. The minimum absolute atomic E-state index is 0.188. The van der Waals surface area contributed by atoms with Gasteiger partial charge in [-0.15, -0.1) is 0 Å². The molecule has 0 saturated heterocycles. The molecule has 2 rings (SSSR count). The maximum Gasteiger partial charge on any atom is 0.227 e. The third-order valence-corrected chi connectivity index (χ3v) is 3.91. The van der Waals surface area contributed by atoms with E-state index >= 15 is 0 Å². The summed E-state index contributed by atoms with van der Waals surface area (Å²) < 4.78 is 5.63. The minimum atomic E-state index is -0.188. The van der Waals surface area contributed by atoms with Crippen LogP contribution in [-0.2, 0) is 4.79 Å². The molecule has 122 valence electrons. The molecular formula is C17H18Cl2N2O2. The zero-order valence-electron chi connectivity index (χ0n) is 13.0. The van der Waals surface area contributed by atoms with Crippen molar-refractivity contribution in [2.24, 2.45) is 0 Å². The Bertz CT molecular complexity index is 710. The van der Waals surface area contributed by atoms with Crippen LogP contribution in [0.25, 0.3) is 0 Å². The molecule has 0 bridgehead atoms. The number of nitrogen functional groups attached to an aromatic ring is 1. The van der Waals surface area contributed by atoms with Gasteiger partial charge in [0.1, 0.15) is 5.75 Å². The van der Waals surface area contributed by atoms with Crippen LogP contribution in [0.15, 0.2) is 30.3 Å². The van der Waals surface area contributed by atoms with E-state index in [1.807, 2.05) is 32.0 Å². The number of rotatable bonds is 5. The Morgan fingerprint density at radius 3 is 2.43 bits per heavy atom. The number of carbonyl (C=O) groups excluding carboxylic acids is 1. The van der Waals surface area contributed by atoms with Crippen molar-refractivity contribution in [1.29, 1.82) is 0 Å². The first-order valence-corrected chi connectivity index (χ1v) is 7.87. The van der Waals surface area contributed by atoms with Crippen LogP contribution in [0.4, 0.5) is 11.4 Å². The zero-order chi connectivity index (χ0) is 17.0. The summed E-state index contributed by atoms with van der Waals surface area (Å²) in [5, 5.41) is 3.33. The van der Waals surface area contributed by atoms with Gasteiger partial charge in [-0.3, -0.25) is 4.79 Å². The molecule has 0 aromatic heterocycles. The summed E-state index contributed by atoms with van der Waals surface area (Å²) in [7, 11) is 0. The van der Waals surface area contributed by atoms with E-state index in [9.17, 15) is 4.79 Å². The Labute approximate surface area is 145 Å². The van der Waals surface area contributed by atoms with Gasteiger partial charge in [-0.05, 0) is 37.6 Å². The fourth-order valence-corrected chi connectivity index (χ4v) is 2.58. The van der Waals surface area contributed by atoms with Crippen LogP contribution in [-0.4, -0.2) is 12.5 Å². The van der Waals surface area contributed by atoms with Crippen LogP contribution in [0.5, 0.6) is 5.75 Å². The van der Waals surface area contributed by atoms with Crippen LogP contribution in [0.2, 0.25) is 10.0 Å². The molecule has 2 aromatic rings. The smallest absolute Gasteiger partial charge is 0.227 e. The van der Waals surface area contributed by atoms with Gasteiger partial charge in [0.25, 0.3) is 0 Å². The molecule has 0 aliphatic carbocycles. The Kier molecular flexibility index (Phi) is 5.74. The first kappa shape index (κ1) is 17.4. The molecule has 4 nitrogen and oxygen atoms in total. The average molecular weight is 353 g/mol. The van der Waals surface area contributed by atoms with Crippen molar-refractivity contribution in [2.75, 3.05) is 17.7 Å². The van der Waals surface area contributed by atoms with Crippen molar-refractivity contribution in [2.45, 2.75) is 20.3 Å². The molecule has 0 spiro atoms. The highest BCUT2D eigenvalue weighted by Gasteiger charge is 2.08. The number of halogens is 2. The number of carbonyl (C=O) groups is 1. The molecule has 0 fully saturated rings. The molecule has 0 radical (unpaired) electrons. The molecule has 0 atom stereocenters. The maximum absolute atomic E-state index is 11.9. The lowest BCUT2D eigenvalue weighted by atomic mass is 10.1. The lowest BCUT2D eigenvalue weighted by molar-refractivity contribution is -0.116. The van der Waals surface area contributed by atoms with E-state index < -0.39 is 0 Å². The maximum atomic E-state index is 11.9. The second-order valence-corrected chi connectivity index (χ2v) is 6.08. The van der Waals surface area contributed by atoms with E-state index in [-0.39, 0.29) is 18.9 Å². The SMILES string of the molecule is Cc1ccc(OCCC(=O)Nc2cc(Cl)c(N)c(Cl)c2)c(C)c1. The predicted molar refractivity (Wildman–Crippen MR) is 95.5 cm³/mol. The Morgan fingerprint density at radius 2 is 1.83 bits per heavy atom. The van der Waals surface area contributed by atoms with E-state index in [4.69, 9.17) is 33.7 Å².